The second-order valence-electron chi connectivity index (χ2n) is 5.17. The van der Waals surface area contributed by atoms with Crippen LogP contribution in [0.2, 0.25) is 0 Å². The predicted molar refractivity (Wildman–Crippen MR) is 87.6 cm³/mol. The van der Waals surface area contributed by atoms with Crippen molar-refractivity contribution in [3.05, 3.63) is 28.2 Å². The standard InChI is InChI=1S/C16H20BrNO5/c1-3-12-9-18(6-7-22-12)15(19)10-23-14-5-4-11(8-13(14)17)16(20)21-2/h4-5,8,12H,3,6-7,9-10H2,1-2H3. The Morgan fingerprint density at radius 3 is 2.87 bits per heavy atom. The van der Waals surface area contributed by atoms with Gasteiger partial charge in [-0.05, 0) is 40.5 Å². The first-order chi connectivity index (χ1) is 11.0. The largest absolute Gasteiger partial charge is 0.483 e. The van der Waals surface area contributed by atoms with Crippen LogP contribution >= 0.6 is 15.9 Å². The molecule has 1 aromatic rings. The third-order valence-electron chi connectivity index (χ3n) is 3.65. The van der Waals surface area contributed by atoms with Gasteiger partial charge in [0.25, 0.3) is 5.91 Å². The number of amides is 1. The summed E-state index contributed by atoms with van der Waals surface area (Å²) in [4.78, 5) is 25.4. The van der Waals surface area contributed by atoms with Crippen molar-refractivity contribution < 1.29 is 23.8 Å². The minimum absolute atomic E-state index is 0.0490. The molecule has 1 aliphatic rings. The van der Waals surface area contributed by atoms with E-state index in [4.69, 9.17) is 9.47 Å². The molecule has 0 aliphatic carbocycles. The van der Waals surface area contributed by atoms with E-state index in [0.29, 0.717) is 35.5 Å². The molecule has 1 saturated heterocycles. The maximum absolute atomic E-state index is 12.2. The Hall–Kier alpha value is -1.60. The Labute approximate surface area is 143 Å². The lowest BCUT2D eigenvalue weighted by Crippen LogP contribution is -2.47. The summed E-state index contributed by atoms with van der Waals surface area (Å²) in [5.41, 5.74) is 0.414. The molecule has 6 nitrogen and oxygen atoms in total. The van der Waals surface area contributed by atoms with Crippen LogP contribution in [0.15, 0.2) is 22.7 Å². The fraction of sp³-hybridized carbons (Fsp3) is 0.500. The summed E-state index contributed by atoms with van der Waals surface area (Å²) in [6, 6.07) is 4.84. The highest BCUT2D eigenvalue weighted by atomic mass is 79.9. The normalized spacial score (nSPS) is 17.7. The van der Waals surface area contributed by atoms with E-state index in [1.54, 1.807) is 23.1 Å². The van der Waals surface area contributed by atoms with E-state index in [9.17, 15) is 9.59 Å². The molecular weight excluding hydrogens is 366 g/mol. The molecule has 0 radical (unpaired) electrons. The third kappa shape index (κ3) is 4.68. The van der Waals surface area contributed by atoms with Crippen molar-refractivity contribution in [3.63, 3.8) is 0 Å². The number of hydrogen-bond donors (Lipinski definition) is 0. The Morgan fingerprint density at radius 1 is 1.43 bits per heavy atom. The fourth-order valence-corrected chi connectivity index (χ4v) is 2.78. The lowest BCUT2D eigenvalue weighted by atomic mass is 10.2. The van der Waals surface area contributed by atoms with Crippen LogP contribution in [0.5, 0.6) is 5.75 Å². The van der Waals surface area contributed by atoms with Gasteiger partial charge >= 0.3 is 5.97 Å². The van der Waals surface area contributed by atoms with Crippen LogP contribution in [-0.4, -0.2) is 56.3 Å². The number of benzene rings is 1. The van der Waals surface area contributed by atoms with Gasteiger partial charge < -0.3 is 19.1 Å². The van der Waals surface area contributed by atoms with Gasteiger partial charge in [0.2, 0.25) is 0 Å². The number of halogens is 1. The van der Waals surface area contributed by atoms with E-state index in [2.05, 4.69) is 20.7 Å². The first-order valence-corrected chi connectivity index (χ1v) is 8.24. The molecule has 1 fully saturated rings. The van der Waals surface area contributed by atoms with Crippen molar-refractivity contribution in [3.8, 4) is 5.75 Å². The molecule has 1 amide bonds. The zero-order chi connectivity index (χ0) is 16.8. The van der Waals surface area contributed by atoms with Crippen molar-refractivity contribution in [1.82, 2.24) is 4.90 Å². The van der Waals surface area contributed by atoms with Crippen molar-refractivity contribution in [1.29, 1.82) is 0 Å². The number of nitrogens with zero attached hydrogens (tertiary/aromatic N) is 1. The fourth-order valence-electron chi connectivity index (χ4n) is 2.29. The van der Waals surface area contributed by atoms with Crippen LogP contribution in [0.25, 0.3) is 0 Å². The van der Waals surface area contributed by atoms with Gasteiger partial charge in [0, 0.05) is 13.1 Å². The van der Waals surface area contributed by atoms with E-state index >= 15 is 0 Å². The molecule has 7 heteroatoms. The summed E-state index contributed by atoms with van der Waals surface area (Å²) in [5, 5.41) is 0. The summed E-state index contributed by atoms with van der Waals surface area (Å²) < 4.78 is 16.4. The topological polar surface area (TPSA) is 65.1 Å². The predicted octanol–water partition coefficient (Wildman–Crippen LogP) is 2.25. The smallest absolute Gasteiger partial charge is 0.337 e. The summed E-state index contributed by atoms with van der Waals surface area (Å²) in [6.07, 6.45) is 0.976. The summed E-state index contributed by atoms with van der Waals surface area (Å²) in [6.45, 7) is 3.73. The number of esters is 1. The van der Waals surface area contributed by atoms with Crippen molar-refractivity contribution in [2.45, 2.75) is 19.4 Å². The van der Waals surface area contributed by atoms with E-state index < -0.39 is 5.97 Å². The van der Waals surface area contributed by atoms with Crippen LogP contribution in [-0.2, 0) is 14.3 Å². The van der Waals surface area contributed by atoms with Crippen LogP contribution in [0, 0.1) is 0 Å². The molecule has 0 bridgehead atoms. The van der Waals surface area contributed by atoms with Gasteiger partial charge in [0.05, 0.1) is 29.9 Å². The first-order valence-electron chi connectivity index (χ1n) is 7.45. The molecule has 1 unspecified atom stereocenters. The van der Waals surface area contributed by atoms with Crippen LogP contribution in [0.4, 0.5) is 0 Å². The zero-order valence-electron chi connectivity index (χ0n) is 13.2. The lowest BCUT2D eigenvalue weighted by molar-refractivity contribution is -0.141. The molecular formula is C16H20BrNO5. The molecule has 0 aromatic heterocycles. The molecule has 1 atom stereocenters. The van der Waals surface area contributed by atoms with Gasteiger partial charge in [-0.1, -0.05) is 6.92 Å². The van der Waals surface area contributed by atoms with Gasteiger partial charge in [-0.15, -0.1) is 0 Å². The molecule has 126 valence electrons. The average Bonchev–Trinajstić information content (AvgIpc) is 2.59. The highest BCUT2D eigenvalue weighted by molar-refractivity contribution is 9.10. The van der Waals surface area contributed by atoms with Crippen molar-refractivity contribution >= 4 is 27.8 Å². The molecule has 1 heterocycles. The van der Waals surface area contributed by atoms with Gasteiger partial charge in [-0.25, -0.2) is 4.79 Å². The SMILES string of the molecule is CCC1CN(C(=O)COc2ccc(C(=O)OC)cc2Br)CCO1. The highest BCUT2D eigenvalue weighted by Crippen LogP contribution is 2.26. The monoisotopic (exact) mass is 385 g/mol. The molecule has 0 spiro atoms. The zero-order valence-corrected chi connectivity index (χ0v) is 14.8. The molecule has 1 aromatic carbocycles. The minimum Gasteiger partial charge on any atom is -0.483 e. The summed E-state index contributed by atoms with van der Waals surface area (Å²) in [7, 11) is 1.32. The van der Waals surface area contributed by atoms with Gasteiger partial charge in [0.15, 0.2) is 6.61 Å². The van der Waals surface area contributed by atoms with E-state index in [1.165, 1.54) is 7.11 Å². The number of methoxy groups -OCH3 is 1. The lowest BCUT2D eigenvalue weighted by Gasteiger charge is -2.32. The Balaban J connectivity index is 1.92. The second-order valence-corrected chi connectivity index (χ2v) is 6.02. The Morgan fingerprint density at radius 2 is 2.22 bits per heavy atom. The summed E-state index contributed by atoms with van der Waals surface area (Å²) >= 11 is 3.33. The second kappa shape index (κ2) is 8.31. The number of carbonyl (C=O) groups excluding carboxylic acids is 2. The first kappa shape index (κ1) is 17.7. The van der Waals surface area contributed by atoms with Crippen molar-refractivity contribution in [2.24, 2.45) is 0 Å². The van der Waals surface area contributed by atoms with Crippen molar-refractivity contribution in [2.75, 3.05) is 33.4 Å². The molecule has 23 heavy (non-hydrogen) atoms. The van der Waals surface area contributed by atoms with Crippen LogP contribution in [0.3, 0.4) is 0 Å². The van der Waals surface area contributed by atoms with Crippen LogP contribution < -0.4 is 4.74 Å². The maximum Gasteiger partial charge on any atom is 0.337 e. The number of morpholine rings is 1. The number of ether oxygens (including phenoxy) is 3. The van der Waals surface area contributed by atoms with Gasteiger partial charge in [-0.3, -0.25) is 4.79 Å². The van der Waals surface area contributed by atoms with Crippen LogP contribution in [0.1, 0.15) is 23.7 Å². The maximum atomic E-state index is 12.2. The average molecular weight is 386 g/mol. The molecule has 2 rings (SSSR count). The van der Waals surface area contributed by atoms with E-state index in [-0.39, 0.29) is 18.6 Å². The summed E-state index contributed by atoms with van der Waals surface area (Å²) in [5.74, 6) is 0.00856. The Bertz CT molecular complexity index is 578. The van der Waals surface area contributed by atoms with E-state index in [1.807, 2.05) is 6.92 Å². The molecule has 1 aliphatic heterocycles. The quantitative estimate of drug-likeness (QED) is 0.727. The third-order valence-corrected chi connectivity index (χ3v) is 4.27. The number of hydrogen-bond acceptors (Lipinski definition) is 5. The van der Waals surface area contributed by atoms with Gasteiger partial charge in [-0.2, -0.15) is 0 Å². The minimum atomic E-state index is -0.424. The number of rotatable bonds is 5. The molecule has 0 N–H and O–H groups in total. The Kier molecular flexibility index (Phi) is 6.41. The number of carbonyl (C=O) groups is 2. The molecule has 0 saturated carbocycles. The van der Waals surface area contributed by atoms with Gasteiger partial charge in [0.1, 0.15) is 5.75 Å². The van der Waals surface area contributed by atoms with E-state index in [0.717, 1.165) is 6.42 Å². The highest BCUT2D eigenvalue weighted by Gasteiger charge is 2.23.